The van der Waals surface area contributed by atoms with E-state index in [0.717, 1.165) is 54.4 Å². The van der Waals surface area contributed by atoms with Crippen LogP contribution in [-0.4, -0.2) is 84.1 Å². The molecule has 0 radical (unpaired) electrons. The van der Waals surface area contributed by atoms with Crippen LogP contribution < -0.4 is 19.7 Å². The Labute approximate surface area is 214 Å². The summed E-state index contributed by atoms with van der Waals surface area (Å²) >= 11 is 0. The molecule has 4 rings (SSSR count). The zero-order valence-electron chi connectivity index (χ0n) is 21.9. The van der Waals surface area contributed by atoms with Gasteiger partial charge in [-0.25, -0.2) is 0 Å². The first-order valence-corrected chi connectivity index (χ1v) is 12.7. The molecule has 196 valence electrons. The summed E-state index contributed by atoms with van der Waals surface area (Å²) in [6, 6.07) is 14.2. The highest BCUT2D eigenvalue weighted by molar-refractivity contribution is 5.81. The van der Waals surface area contributed by atoms with Gasteiger partial charge >= 0.3 is 0 Å². The average Bonchev–Trinajstić information content (AvgIpc) is 2.91. The lowest BCUT2D eigenvalue weighted by atomic mass is 9.83. The van der Waals surface area contributed by atoms with Gasteiger partial charge in [-0.15, -0.1) is 0 Å². The van der Waals surface area contributed by atoms with Gasteiger partial charge in [0.05, 0.1) is 38.1 Å². The molecule has 8 heteroatoms. The number of likely N-dealkylation sites (N-methyl/N-ethyl adjacent to an activating group) is 1. The summed E-state index contributed by atoms with van der Waals surface area (Å²) in [5.74, 6) is 1.92. The van der Waals surface area contributed by atoms with Crippen molar-refractivity contribution in [1.82, 2.24) is 10.2 Å². The molecule has 2 aromatic rings. The lowest BCUT2D eigenvalue weighted by molar-refractivity contribution is -0.132. The van der Waals surface area contributed by atoms with Gasteiger partial charge in [0.25, 0.3) is 0 Å². The molecular formula is C28H39N3O5. The fourth-order valence-electron chi connectivity index (χ4n) is 5.01. The summed E-state index contributed by atoms with van der Waals surface area (Å²) in [7, 11) is 7.00. The Morgan fingerprint density at radius 1 is 1.17 bits per heavy atom. The molecular weight excluding hydrogens is 458 g/mol. The van der Waals surface area contributed by atoms with Crippen molar-refractivity contribution in [3.63, 3.8) is 0 Å². The summed E-state index contributed by atoms with van der Waals surface area (Å²) in [6.07, 6.45) is 1.59. The van der Waals surface area contributed by atoms with Crippen molar-refractivity contribution in [2.45, 2.75) is 37.5 Å². The Kier molecular flexibility index (Phi) is 9.07. The van der Waals surface area contributed by atoms with Crippen LogP contribution in [-0.2, 0) is 20.9 Å². The molecule has 0 aromatic heterocycles. The Bertz CT molecular complexity index is 997. The Morgan fingerprint density at radius 3 is 2.69 bits per heavy atom. The van der Waals surface area contributed by atoms with Crippen molar-refractivity contribution in [2.24, 2.45) is 0 Å². The van der Waals surface area contributed by atoms with Crippen molar-refractivity contribution in [3.05, 3.63) is 53.6 Å². The molecule has 0 saturated carbocycles. The summed E-state index contributed by atoms with van der Waals surface area (Å²) in [5, 5.41) is 3.41. The fourth-order valence-corrected chi connectivity index (χ4v) is 5.01. The van der Waals surface area contributed by atoms with Crippen LogP contribution in [0.5, 0.6) is 11.5 Å². The van der Waals surface area contributed by atoms with Gasteiger partial charge in [-0.05, 0) is 48.2 Å². The minimum Gasteiger partial charge on any atom is -0.497 e. The molecule has 36 heavy (non-hydrogen) atoms. The second-order valence-corrected chi connectivity index (χ2v) is 9.64. The summed E-state index contributed by atoms with van der Waals surface area (Å²) in [4.78, 5) is 16.7. The largest absolute Gasteiger partial charge is 0.497 e. The predicted molar refractivity (Wildman–Crippen MR) is 140 cm³/mol. The van der Waals surface area contributed by atoms with Gasteiger partial charge in [-0.1, -0.05) is 18.2 Å². The smallest absolute Gasteiger partial charge is 0.239 e. The van der Waals surface area contributed by atoms with E-state index in [-0.39, 0.29) is 24.0 Å². The third kappa shape index (κ3) is 6.30. The number of benzene rings is 2. The summed E-state index contributed by atoms with van der Waals surface area (Å²) in [6.45, 7) is 4.34. The van der Waals surface area contributed by atoms with Crippen molar-refractivity contribution in [2.75, 3.05) is 66.1 Å². The number of hydrogen-bond acceptors (Lipinski definition) is 7. The van der Waals surface area contributed by atoms with Crippen molar-refractivity contribution in [3.8, 4) is 11.5 Å². The molecule has 2 aliphatic heterocycles. The van der Waals surface area contributed by atoms with E-state index in [9.17, 15) is 4.79 Å². The highest BCUT2D eigenvalue weighted by atomic mass is 16.5. The molecule has 0 aliphatic carbocycles. The lowest BCUT2D eigenvalue weighted by Gasteiger charge is -2.37. The number of carbonyl (C=O) groups is 1. The number of methoxy groups -OCH3 is 2. The van der Waals surface area contributed by atoms with Crippen LogP contribution in [0.25, 0.3) is 0 Å². The van der Waals surface area contributed by atoms with Gasteiger partial charge in [-0.2, -0.15) is 0 Å². The maximum Gasteiger partial charge on any atom is 0.239 e. The first kappa shape index (κ1) is 26.3. The van der Waals surface area contributed by atoms with Crippen molar-refractivity contribution >= 4 is 11.6 Å². The summed E-state index contributed by atoms with van der Waals surface area (Å²) < 4.78 is 23.0. The monoisotopic (exact) mass is 497 g/mol. The molecule has 2 heterocycles. The number of carbonyl (C=O) groups excluding carboxylic acids is 1. The van der Waals surface area contributed by atoms with Gasteiger partial charge in [0.1, 0.15) is 18.1 Å². The molecule has 1 amide bonds. The van der Waals surface area contributed by atoms with E-state index in [2.05, 4.69) is 34.5 Å². The number of anilines is 1. The van der Waals surface area contributed by atoms with Gasteiger partial charge in [-0.3, -0.25) is 4.79 Å². The van der Waals surface area contributed by atoms with E-state index in [0.29, 0.717) is 26.2 Å². The minimum atomic E-state index is -0.228. The molecule has 2 aromatic carbocycles. The normalized spacial score (nSPS) is 21.4. The lowest BCUT2D eigenvalue weighted by Crippen LogP contribution is -2.53. The molecule has 0 spiro atoms. The van der Waals surface area contributed by atoms with Crippen LogP contribution >= 0.6 is 0 Å². The van der Waals surface area contributed by atoms with E-state index in [1.807, 2.05) is 18.2 Å². The molecule has 1 fully saturated rings. The molecule has 2 aliphatic rings. The Balaban J connectivity index is 1.47. The molecule has 1 saturated heterocycles. The van der Waals surface area contributed by atoms with Gasteiger partial charge < -0.3 is 34.1 Å². The van der Waals surface area contributed by atoms with E-state index in [4.69, 9.17) is 18.9 Å². The minimum absolute atomic E-state index is 0.0605. The first-order valence-electron chi connectivity index (χ1n) is 12.7. The third-order valence-corrected chi connectivity index (χ3v) is 7.01. The molecule has 0 bridgehead atoms. The van der Waals surface area contributed by atoms with Gasteiger partial charge in [0, 0.05) is 46.8 Å². The standard InChI is InChI=1S/C28H39N3O5/c1-30(2)28(32)24-17-23(21-7-9-22(34-4)10-8-21)27(18-29-24)36-19-20-6-11-26-25(16-20)31(13-15-35-26)12-5-14-33-3/h6-11,16,23-24,27,29H,5,12-15,17-19H2,1-4H3/t23-,24-,27+/m1/s1. The number of amides is 1. The third-order valence-electron chi connectivity index (χ3n) is 7.01. The zero-order chi connectivity index (χ0) is 25.5. The van der Waals surface area contributed by atoms with Crippen LogP contribution in [0.15, 0.2) is 42.5 Å². The van der Waals surface area contributed by atoms with Crippen LogP contribution in [0.4, 0.5) is 5.69 Å². The fraction of sp³-hybridized carbons (Fsp3) is 0.536. The number of piperidine rings is 1. The predicted octanol–water partition coefficient (Wildman–Crippen LogP) is 3.05. The number of fused-ring (bicyclic) bond motifs is 1. The topological polar surface area (TPSA) is 72.5 Å². The Hall–Kier alpha value is -2.81. The number of ether oxygens (including phenoxy) is 4. The van der Waals surface area contributed by atoms with E-state index < -0.39 is 0 Å². The maximum absolute atomic E-state index is 12.7. The molecule has 8 nitrogen and oxygen atoms in total. The van der Waals surface area contributed by atoms with Crippen molar-refractivity contribution < 1.29 is 23.7 Å². The second-order valence-electron chi connectivity index (χ2n) is 9.64. The first-order chi connectivity index (χ1) is 17.5. The molecule has 1 N–H and O–H groups in total. The van der Waals surface area contributed by atoms with Crippen LogP contribution in [0.1, 0.15) is 29.9 Å². The Morgan fingerprint density at radius 2 is 1.97 bits per heavy atom. The van der Waals surface area contributed by atoms with Gasteiger partial charge in [0.15, 0.2) is 0 Å². The van der Waals surface area contributed by atoms with Crippen LogP contribution in [0, 0.1) is 0 Å². The maximum atomic E-state index is 12.7. The molecule has 3 atom stereocenters. The average molecular weight is 498 g/mol. The second kappa shape index (κ2) is 12.4. The molecule has 0 unspecified atom stereocenters. The zero-order valence-corrected chi connectivity index (χ0v) is 21.9. The number of nitrogens with zero attached hydrogens (tertiary/aromatic N) is 2. The van der Waals surface area contributed by atoms with E-state index in [1.54, 1.807) is 33.2 Å². The number of rotatable bonds is 10. The summed E-state index contributed by atoms with van der Waals surface area (Å²) in [5.41, 5.74) is 3.38. The van der Waals surface area contributed by atoms with Crippen molar-refractivity contribution in [1.29, 1.82) is 0 Å². The number of hydrogen-bond donors (Lipinski definition) is 1. The van der Waals surface area contributed by atoms with E-state index >= 15 is 0 Å². The van der Waals surface area contributed by atoms with E-state index in [1.165, 1.54) is 0 Å². The highest BCUT2D eigenvalue weighted by Gasteiger charge is 2.36. The van der Waals surface area contributed by atoms with Crippen LogP contribution in [0.3, 0.4) is 0 Å². The SMILES string of the molecule is COCCCN1CCOc2ccc(CO[C@H]3CN[C@@H](C(=O)N(C)C)C[C@@H]3c3ccc(OC)cc3)cc21. The highest BCUT2D eigenvalue weighted by Crippen LogP contribution is 2.35. The van der Waals surface area contributed by atoms with Crippen LogP contribution in [0.2, 0.25) is 0 Å². The number of nitrogens with one attached hydrogen (secondary N) is 1. The van der Waals surface area contributed by atoms with Gasteiger partial charge in [0.2, 0.25) is 5.91 Å². The quantitative estimate of drug-likeness (QED) is 0.506.